The number of likely N-dealkylation sites (tertiary alicyclic amines) is 1. The van der Waals surface area contributed by atoms with Crippen molar-refractivity contribution in [2.24, 2.45) is 0 Å². The van der Waals surface area contributed by atoms with Gasteiger partial charge in [-0.1, -0.05) is 0 Å². The van der Waals surface area contributed by atoms with Gasteiger partial charge in [0.05, 0.1) is 0 Å². The Hall–Kier alpha value is -1.92. The molecule has 1 amide bonds. The summed E-state index contributed by atoms with van der Waals surface area (Å²) in [5.74, 6) is 0.0631. The number of fused-ring (bicyclic) bond motifs is 1. The Labute approximate surface area is 153 Å². The highest BCUT2D eigenvalue weighted by Gasteiger charge is 2.24. The summed E-state index contributed by atoms with van der Waals surface area (Å²) in [5, 5.41) is 10.6. The molecule has 1 aromatic heterocycles. The van der Waals surface area contributed by atoms with Crippen LogP contribution in [-0.2, 0) is 4.79 Å². The number of nitrogens with zero attached hydrogens (tertiary/aromatic N) is 2. The standard InChI is InChI=1S/C20H28FN3O2/c1-3-24(20(26)14(2)25)11-10-23-8-6-15(7-9-23)18-13-22-19-12-16(21)4-5-17(18)19/h4-5,12-15,22,25H,3,6-11H2,1-2H3. The van der Waals surface area contributed by atoms with Gasteiger partial charge in [0.15, 0.2) is 0 Å². The number of carbonyl (C=O) groups excluding carboxylic acids is 1. The number of H-pyrrole nitrogens is 1. The van der Waals surface area contributed by atoms with Crippen LogP contribution in [0.5, 0.6) is 0 Å². The highest BCUT2D eigenvalue weighted by atomic mass is 19.1. The number of halogens is 1. The summed E-state index contributed by atoms with van der Waals surface area (Å²) < 4.78 is 13.4. The monoisotopic (exact) mass is 361 g/mol. The van der Waals surface area contributed by atoms with Crippen LogP contribution in [0.3, 0.4) is 0 Å². The normalized spacial score (nSPS) is 17.5. The number of hydrogen-bond donors (Lipinski definition) is 2. The van der Waals surface area contributed by atoms with Crippen molar-refractivity contribution in [3.05, 3.63) is 35.8 Å². The van der Waals surface area contributed by atoms with Gasteiger partial charge in [0.2, 0.25) is 0 Å². The minimum absolute atomic E-state index is 0.201. The third-order valence-electron chi connectivity index (χ3n) is 5.44. The quantitative estimate of drug-likeness (QED) is 0.832. The summed E-state index contributed by atoms with van der Waals surface area (Å²) in [6, 6.07) is 4.93. The summed E-state index contributed by atoms with van der Waals surface area (Å²) >= 11 is 0. The third-order valence-corrected chi connectivity index (χ3v) is 5.44. The van der Waals surface area contributed by atoms with Crippen molar-refractivity contribution in [1.29, 1.82) is 0 Å². The number of aromatic amines is 1. The molecule has 1 aromatic carbocycles. The number of piperidine rings is 1. The van der Waals surface area contributed by atoms with Gasteiger partial charge < -0.3 is 19.9 Å². The molecule has 6 heteroatoms. The second-order valence-corrected chi connectivity index (χ2v) is 7.14. The molecule has 1 atom stereocenters. The second-order valence-electron chi connectivity index (χ2n) is 7.14. The van der Waals surface area contributed by atoms with Gasteiger partial charge in [-0.25, -0.2) is 4.39 Å². The molecule has 2 N–H and O–H groups in total. The lowest BCUT2D eigenvalue weighted by Crippen LogP contribution is -2.44. The highest BCUT2D eigenvalue weighted by molar-refractivity contribution is 5.83. The van der Waals surface area contributed by atoms with Crippen LogP contribution in [-0.4, -0.2) is 64.6 Å². The molecule has 3 rings (SSSR count). The predicted molar refractivity (Wildman–Crippen MR) is 101 cm³/mol. The summed E-state index contributed by atoms with van der Waals surface area (Å²) in [6.07, 6.45) is 3.19. The molecule has 26 heavy (non-hydrogen) atoms. The van der Waals surface area contributed by atoms with Crippen LogP contribution in [0.15, 0.2) is 24.4 Å². The Balaban J connectivity index is 1.55. The Morgan fingerprint density at radius 3 is 2.81 bits per heavy atom. The first kappa shape index (κ1) is 18.9. The Morgan fingerprint density at radius 1 is 1.42 bits per heavy atom. The van der Waals surface area contributed by atoms with E-state index in [9.17, 15) is 14.3 Å². The predicted octanol–water partition coefficient (Wildman–Crippen LogP) is 2.72. The van der Waals surface area contributed by atoms with Crippen molar-refractivity contribution in [1.82, 2.24) is 14.8 Å². The first-order valence-electron chi connectivity index (χ1n) is 9.45. The van der Waals surface area contributed by atoms with E-state index >= 15 is 0 Å². The van der Waals surface area contributed by atoms with E-state index in [-0.39, 0.29) is 11.7 Å². The molecular weight excluding hydrogens is 333 g/mol. The van der Waals surface area contributed by atoms with E-state index in [1.165, 1.54) is 18.6 Å². The van der Waals surface area contributed by atoms with Crippen molar-refractivity contribution < 1.29 is 14.3 Å². The van der Waals surface area contributed by atoms with Gasteiger partial charge in [0.25, 0.3) is 5.91 Å². The van der Waals surface area contributed by atoms with Gasteiger partial charge >= 0.3 is 0 Å². The Morgan fingerprint density at radius 2 is 2.15 bits per heavy atom. The van der Waals surface area contributed by atoms with Gasteiger partial charge in [0, 0.05) is 36.7 Å². The fourth-order valence-electron chi connectivity index (χ4n) is 3.88. The zero-order valence-electron chi connectivity index (χ0n) is 15.5. The van der Waals surface area contributed by atoms with E-state index in [0.29, 0.717) is 19.0 Å². The average Bonchev–Trinajstić information content (AvgIpc) is 3.05. The van der Waals surface area contributed by atoms with Crippen LogP contribution in [0, 0.1) is 5.82 Å². The molecule has 0 radical (unpaired) electrons. The van der Waals surface area contributed by atoms with Crippen molar-refractivity contribution in [2.75, 3.05) is 32.7 Å². The Kier molecular flexibility index (Phi) is 5.94. The maximum atomic E-state index is 13.4. The smallest absolute Gasteiger partial charge is 0.251 e. The number of benzene rings is 1. The molecule has 2 heterocycles. The molecule has 1 saturated heterocycles. The van der Waals surface area contributed by atoms with E-state index in [1.807, 2.05) is 19.2 Å². The molecular formula is C20H28FN3O2. The van der Waals surface area contributed by atoms with Crippen molar-refractivity contribution in [2.45, 2.75) is 38.7 Å². The maximum absolute atomic E-state index is 13.4. The molecule has 2 aromatic rings. The summed E-state index contributed by atoms with van der Waals surface area (Å²) in [6.45, 7) is 7.52. The largest absolute Gasteiger partial charge is 0.384 e. The van der Waals surface area contributed by atoms with Gasteiger partial charge in [-0.05, 0) is 69.5 Å². The molecule has 0 spiro atoms. The van der Waals surface area contributed by atoms with Crippen molar-refractivity contribution >= 4 is 16.8 Å². The number of rotatable bonds is 6. The van der Waals surface area contributed by atoms with E-state index in [2.05, 4.69) is 9.88 Å². The zero-order valence-corrected chi connectivity index (χ0v) is 15.5. The SMILES string of the molecule is CCN(CCN1CCC(c2c[nH]c3cc(F)ccc23)CC1)C(=O)C(C)O. The summed E-state index contributed by atoms with van der Waals surface area (Å²) in [5.41, 5.74) is 2.14. The molecule has 1 aliphatic rings. The minimum Gasteiger partial charge on any atom is -0.384 e. The number of aromatic nitrogens is 1. The molecule has 0 saturated carbocycles. The highest BCUT2D eigenvalue weighted by Crippen LogP contribution is 2.33. The number of hydrogen-bond acceptors (Lipinski definition) is 3. The first-order chi connectivity index (χ1) is 12.5. The number of likely N-dealkylation sites (N-methyl/N-ethyl adjacent to an activating group) is 1. The lowest BCUT2D eigenvalue weighted by atomic mass is 9.89. The lowest BCUT2D eigenvalue weighted by molar-refractivity contribution is -0.139. The van der Waals surface area contributed by atoms with Gasteiger partial charge in [-0.15, -0.1) is 0 Å². The fourth-order valence-corrected chi connectivity index (χ4v) is 3.88. The number of aliphatic hydroxyl groups excluding tert-OH is 1. The van der Waals surface area contributed by atoms with Crippen molar-refractivity contribution in [3.8, 4) is 0 Å². The Bertz CT molecular complexity index is 751. The van der Waals surface area contributed by atoms with Gasteiger partial charge in [-0.3, -0.25) is 4.79 Å². The van der Waals surface area contributed by atoms with Crippen LogP contribution in [0.2, 0.25) is 0 Å². The van der Waals surface area contributed by atoms with E-state index in [0.717, 1.165) is 43.4 Å². The number of amides is 1. The zero-order chi connectivity index (χ0) is 18.7. The van der Waals surface area contributed by atoms with E-state index in [4.69, 9.17) is 0 Å². The fraction of sp³-hybridized carbons (Fsp3) is 0.550. The number of aliphatic hydroxyl groups is 1. The van der Waals surface area contributed by atoms with Crippen LogP contribution >= 0.6 is 0 Å². The average molecular weight is 361 g/mol. The van der Waals surface area contributed by atoms with Crippen LogP contribution in [0.1, 0.15) is 38.2 Å². The third kappa shape index (κ3) is 4.07. The molecule has 0 aliphatic carbocycles. The van der Waals surface area contributed by atoms with Crippen LogP contribution in [0.25, 0.3) is 10.9 Å². The van der Waals surface area contributed by atoms with Crippen LogP contribution in [0.4, 0.5) is 4.39 Å². The minimum atomic E-state index is -0.938. The van der Waals surface area contributed by atoms with E-state index in [1.54, 1.807) is 11.0 Å². The summed E-state index contributed by atoms with van der Waals surface area (Å²) in [7, 11) is 0. The number of carbonyl (C=O) groups is 1. The van der Waals surface area contributed by atoms with Gasteiger partial charge in [0.1, 0.15) is 11.9 Å². The lowest BCUT2D eigenvalue weighted by Gasteiger charge is -2.33. The summed E-state index contributed by atoms with van der Waals surface area (Å²) in [4.78, 5) is 19.2. The molecule has 1 fully saturated rings. The van der Waals surface area contributed by atoms with Crippen molar-refractivity contribution in [3.63, 3.8) is 0 Å². The van der Waals surface area contributed by atoms with Gasteiger partial charge in [-0.2, -0.15) is 0 Å². The van der Waals surface area contributed by atoms with E-state index < -0.39 is 6.10 Å². The maximum Gasteiger partial charge on any atom is 0.251 e. The molecule has 0 bridgehead atoms. The van der Waals surface area contributed by atoms with Crippen LogP contribution < -0.4 is 0 Å². The molecule has 1 unspecified atom stereocenters. The molecule has 142 valence electrons. The second kappa shape index (κ2) is 8.18. The first-order valence-corrected chi connectivity index (χ1v) is 9.45. The topological polar surface area (TPSA) is 59.6 Å². The molecule has 5 nitrogen and oxygen atoms in total. The molecule has 1 aliphatic heterocycles. The number of nitrogens with one attached hydrogen (secondary N) is 1.